The highest BCUT2D eigenvalue weighted by Crippen LogP contribution is 2.19. The number of carbonyl (C=O) groups excluding carboxylic acids is 11. The largest absolute Gasteiger partial charge is 0.370 e. The number of hydrogen-bond donors (Lipinski definition) is 17. The third-order valence-corrected chi connectivity index (χ3v) is 18.8. The van der Waals surface area contributed by atoms with E-state index < -0.39 is 95.2 Å². The Morgan fingerprint density at radius 2 is 0.513 bits per heavy atom. The highest BCUT2D eigenvalue weighted by molar-refractivity contribution is 5.93. The van der Waals surface area contributed by atoms with Gasteiger partial charge in [0.15, 0.2) is 17.9 Å². The maximum atomic E-state index is 15.3. The molecule has 0 aliphatic carbocycles. The number of unbranched alkanes of at least 4 members (excludes halogenated alkanes) is 2. The van der Waals surface area contributed by atoms with Gasteiger partial charge in [-0.25, -0.2) is 0 Å². The number of primary amides is 1. The normalized spacial score (nSPS) is 12.1. The fourth-order valence-electron chi connectivity index (χ4n) is 12.8. The minimum absolute atomic E-state index is 0.0149. The molecule has 5 aromatic carbocycles. The Morgan fingerprint density at radius 3 is 0.713 bits per heavy atom. The third kappa shape index (κ3) is 37.9. The summed E-state index contributed by atoms with van der Waals surface area (Å²) >= 11 is 0. The van der Waals surface area contributed by atoms with Crippen molar-refractivity contribution in [3.63, 3.8) is 0 Å². The van der Waals surface area contributed by atoms with Crippen LogP contribution in [0.4, 0.5) is 0 Å². The number of rotatable bonds is 55. The maximum Gasteiger partial charge on any atom is 0.245 e. The molecule has 0 spiro atoms. The summed E-state index contributed by atoms with van der Waals surface area (Å²) in [6.07, 6.45) is 2.11. The molecule has 0 aromatic heterocycles. The van der Waals surface area contributed by atoms with E-state index in [1.807, 2.05) is 97.1 Å². The molecular weight excluding hydrogens is 1470 g/mol. The van der Waals surface area contributed by atoms with Crippen molar-refractivity contribution in [2.75, 3.05) is 65.4 Å². The molecule has 0 saturated heterocycles. The number of carbonyl (C=O) groups is 11. The van der Waals surface area contributed by atoms with Crippen molar-refractivity contribution >= 4 is 82.9 Å². The van der Waals surface area contributed by atoms with Crippen LogP contribution in [0.25, 0.3) is 0 Å². The van der Waals surface area contributed by atoms with E-state index in [9.17, 15) is 38.4 Å². The zero-order valence-corrected chi connectivity index (χ0v) is 66.1. The van der Waals surface area contributed by atoms with Gasteiger partial charge in [0.25, 0.3) is 0 Å². The molecule has 11 amide bonds. The molecule has 0 aliphatic heterocycles. The van der Waals surface area contributed by atoms with Crippen LogP contribution in [0.3, 0.4) is 0 Å². The average molecular weight is 1590 g/mol. The third-order valence-electron chi connectivity index (χ3n) is 18.8. The summed E-state index contributed by atoms with van der Waals surface area (Å²) in [5.74, 6) is -6.77. The van der Waals surface area contributed by atoms with Gasteiger partial charge in [0.05, 0.1) is 0 Å². The van der Waals surface area contributed by atoms with Crippen LogP contribution in [-0.2, 0) is 85.5 Å². The summed E-state index contributed by atoms with van der Waals surface area (Å²) in [5.41, 5.74) is 37.8. The standard InChI is InChI=1S/C82H120N22O11/c1-59(105)95-65(36-21-46-92-80(86)87)75(111)101(55-61-26-9-3-10-27-61)50-40-71(107)96-66(34-17-19-44-83)76(112)103(57-63-30-13-5-14-31-63)52-43-74(110)99-69(38-23-48-94-82(90)91)79(115)104(58-64-32-15-6-16-33-64)53-41-72(108)97-67(35-18-20-45-84)77(113)102(56-62-28-11-4-12-29-62)51-42-73(109)98-68(37-22-47-93-81(88)89)78(114)100(49-39-70(85)106)54-60-24-7-2-8-25-60/h2-16,24-33,65-69H,17-23,34-58,83-84H2,1H3,(H2,85,106)(H,95,105)(H,96,107)(H,97,108)(H,98,109)(H,99,110)(H4,86,87,92)(H4,88,89,93)(H4,90,91,94)/t65-,66-,67-,68-,69-/m0/s1. The molecule has 0 unspecified atom stereocenters. The SMILES string of the molecule is CC(=O)N[C@@H](CCCNC(=N)N)C(=O)N(CCC(=O)N[C@@H](CCCCN)C(=O)N(CCC(=O)N[C@@H](CCCNC(=N)N)C(=O)N(CCC(=O)N[C@@H](CCCCN)C(=O)N(CCC(=O)N[C@@H](CCCNC(=N)N)C(=O)N(CCC(N)=O)Cc1ccccc1)Cc1ccccc1)Cc1ccccc1)Cc1ccccc1)Cc1ccccc1. The molecule has 33 nitrogen and oxygen atoms in total. The lowest BCUT2D eigenvalue weighted by molar-refractivity contribution is -0.140. The fourth-order valence-corrected chi connectivity index (χ4v) is 12.8. The predicted octanol–water partition coefficient (Wildman–Crippen LogP) is 2.06. The van der Waals surface area contributed by atoms with Crippen LogP contribution in [0.15, 0.2) is 152 Å². The zero-order chi connectivity index (χ0) is 83.7. The smallest absolute Gasteiger partial charge is 0.245 e. The van der Waals surface area contributed by atoms with Crippen molar-refractivity contribution in [2.24, 2.45) is 34.4 Å². The fraction of sp³-hybridized carbons (Fsp3) is 0.463. The Kier molecular flexibility index (Phi) is 43.2. The lowest BCUT2D eigenvalue weighted by Crippen LogP contribution is -2.52. The van der Waals surface area contributed by atoms with Gasteiger partial charge < -0.3 is 101 Å². The highest BCUT2D eigenvalue weighted by atomic mass is 16.2. The van der Waals surface area contributed by atoms with Crippen molar-refractivity contribution < 1.29 is 52.7 Å². The van der Waals surface area contributed by atoms with E-state index in [2.05, 4.69) is 42.5 Å². The highest BCUT2D eigenvalue weighted by Gasteiger charge is 2.34. The number of hydrogen-bond acceptors (Lipinski definition) is 16. The molecule has 5 aromatic rings. The van der Waals surface area contributed by atoms with Gasteiger partial charge in [0.1, 0.15) is 30.2 Å². The van der Waals surface area contributed by atoms with E-state index in [0.717, 1.165) is 11.1 Å². The topological polar surface area (TPSA) is 528 Å². The summed E-state index contributed by atoms with van der Waals surface area (Å²) in [4.78, 5) is 164. The van der Waals surface area contributed by atoms with Crippen molar-refractivity contribution in [3.05, 3.63) is 179 Å². The number of nitrogens with one attached hydrogen (secondary N) is 11. The molecule has 0 radical (unpaired) electrons. The van der Waals surface area contributed by atoms with Gasteiger partial charge in [-0.3, -0.25) is 69.0 Å². The number of nitrogens with zero attached hydrogens (tertiary/aromatic N) is 5. The van der Waals surface area contributed by atoms with Crippen LogP contribution in [-0.4, -0.2) is 203 Å². The van der Waals surface area contributed by atoms with Crippen molar-refractivity contribution in [1.82, 2.24) is 67.0 Å². The Balaban J connectivity index is 1.39. The second kappa shape index (κ2) is 53.1. The summed E-state index contributed by atoms with van der Waals surface area (Å²) in [6, 6.07) is 39.7. The van der Waals surface area contributed by atoms with Gasteiger partial charge in [-0.05, 0) is 118 Å². The van der Waals surface area contributed by atoms with Gasteiger partial charge >= 0.3 is 0 Å². The molecule has 0 heterocycles. The quantitative estimate of drug-likeness (QED) is 0.0150. The van der Waals surface area contributed by atoms with Crippen LogP contribution in [0.2, 0.25) is 0 Å². The molecule has 624 valence electrons. The van der Waals surface area contributed by atoms with E-state index in [4.69, 9.17) is 50.6 Å². The first-order chi connectivity index (χ1) is 55.3. The first kappa shape index (κ1) is 93.6. The monoisotopic (exact) mass is 1590 g/mol. The Labute approximate surface area is 674 Å². The van der Waals surface area contributed by atoms with Crippen molar-refractivity contribution in [3.8, 4) is 0 Å². The summed E-state index contributed by atoms with van der Waals surface area (Å²) in [5, 5.41) is 45.5. The van der Waals surface area contributed by atoms with Gasteiger partial charge in [-0.1, -0.05) is 152 Å². The van der Waals surface area contributed by atoms with Crippen LogP contribution >= 0.6 is 0 Å². The zero-order valence-electron chi connectivity index (χ0n) is 66.1. The molecular formula is C82H120N22O11. The molecule has 5 atom stereocenters. The Morgan fingerprint density at radius 1 is 0.304 bits per heavy atom. The second-order valence-corrected chi connectivity index (χ2v) is 28.2. The predicted molar refractivity (Wildman–Crippen MR) is 440 cm³/mol. The average Bonchev–Trinajstić information content (AvgIpc) is 0.869. The molecule has 0 bridgehead atoms. The van der Waals surface area contributed by atoms with E-state index in [1.165, 1.54) is 31.4 Å². The van der Waals surface area contributed by atoms with E-state index in [-0.39, 0.29) is 180 Å². The molecule has 23 N–H and O–H groups in total. The molecule has 33 heteroatoms. The van der Waals surface area contributed by atoms with Crippen molar-refractivity contribution in [1.29, 1.82) is 16.2 Å². The molecule has 115 heavy (non-hydrogen) atoms. The van der Waals surface area contributed by atoms with E-state index in [0.29, 0.717) is 61.8 Å². The van der Waals surface area contributed by atoms with E-state index >= 15 is 14.4 Å². The van der Waals surface area contributed by atoms with E-state index in [1.54, 1.807) is 54.6 Å². The Bertz CT molecular complexity index is 3870. The van der Waals surface area contributed by atoms with Gasteiger partial charge in [-0.2, -0.15) is 0 Å². The molecule has 0 aliphatic rings. The number of benzene rings is 5. The molecule has 5 rings (SSSR count). The molecule has 0 saturated carbocycles. The van der Waals surface area contributed by atoms with Crippen LogP contribution in [0, 0.1) is 16.2 Å². The minimum Gasteiger partial charge on any atom is -0.370 e. The first-order valence-electron chi connectivity index (χ1n) is 39.3. The number of guanidine groups is 3. The number of amides is 11. The number of nitrogens with two attached hydrogens (primary N) is 6. The minimum atomic E-state index is -1.23. The summed E-state index contributed by atoms with van der Waals surface area (Å²) in [7, 11) is 0. The van der Waals surface area contributed by atoms with Crippen LogP contribution in [0.1, 0.15) is 144 Å². The van der Waals surface area contributed by atoms with Crippen molar-refractivity contribution in [2.45, 2.75) is 179 Å². The van der Waals surface area contributed by atoms with Crippen LogP contribution < -0.4 is 76.9 Å². The van der Waals surface area contributed by atoms with Gasteiger partial charge in [-0.15, -0.1) is 0 Å². The summed E-state index contributed by atoms with van der Waals surface area (Å²) < 4.78 is 0. The first-order valence-corrected chi connectivity index (χ1v) is 39.3. The maximum absolute atomic E-state index is 15.3. The molecule has 0 fully saturated rings. The second-order valence-electron chi connectivity index (χ2n) is 28.2. The van der Waals surface area contributed by atoms with Gasteiger partial charge in [0, 0.05) is 124 Å². The summed E-state index contributed by atoms with van der Waals surface area (Å²) in [6.45, 7) is 2.05. The Hall–Kier alpha value is -12.0. The van der Waals surface area contributed by atoms with Crippen LogP contribution in [0.5, 0.6) is 0 Å². The lowest BCUT2D eigenvalue weighted by Gasteiger charge is -2.31. The lowest BCUT2D eigenvalue weighted by atomic mass is 10.1. The van der Waals surface area contributed by atoms with Gasteiger partial charge in [0.2, 0.25) is 65.0 Å².